The number of nitrogens with one attached hydrogen (secondary N) is 1. The number of fused-ring (bicyclic) bond motifs is 1. The number of aromatic amines is 1. The standard InChI is InChI=1S/C20H16N2O3S2/c1-13-17(14-8-4-2-5-9-14)18-19(23)21-16(22-20(18)26-13)12-27(24,25)15-10-6-3-7-11-15/h2-11H,12H2,1H3,(H,21,22,23). The molecule has 2 aromatic heterocycles. The highest BCUT2D eigenvalue weighted by Crippen LogP contribution is 2.35. The molecule has 2 aromatic carbocycles. The molecule has 136 valence electrons. The van der Waals surface area contributed by atoms with Crippen molar-refractivity contribution in [2.45, 2.75) is 17.6 Å². The van der Waals surface area contributed by atoms with Crippen LogP contribution in [0.25, 0.3) is 21.3 Å². The van der Waals surface area contributed by atoms with Gasteiger partial charge < -0.3 is 4.98 Å². The first-order valence-corrected chi connectivity index (χ1v) is 10.8. The van der Waals surface area contributed by atoms with Crippen molar-refractivity contribution < 1.29 is 8.42 Å². The topological polar surface area (TPSA) is 79.9 Å². The first kappa shape index (κ1) is 17.6. The third-order valence-corrected chi connectivity index (χ3v) is 6.92. The molecule has 0 radical (unpaired) electrons. The van der Waals surface area contributed by atoms with Crippen LogP contribution in [0.4, 0.5) is 0 Å². The van der Waals surface area contributed by atoms with E-state index < -0.39 is 9.84 Å². The lowest BCUT2D eigenvalue weighted by molar-refractivity contribution is 0.594. The van der Waals surface area contributed by atoms with Crippen LogP contribution in [0, 0.1) is 6.92 Å². The van der Waals surface area contributed by atoms with Crippen LogP contribution in [-0.2, 0) is 15.6 Å². The smallest absolute Gasteiger partial charge is 0.260 e. The van der Waals surface area contributed by atoms with E-state index in [9.17, 15) is 13.2 Å². The Bertz CT molecular complexity index is 1280. The number of nitrogens with zero attached hydrogens (tertiary/aromatic N) is 1. The summed E-state index contributed by atoms with van der Waals surface area (Å²) in [6.07, 6.45) is 0. The number of rotatable bonds is 4. The van der Waals surface area contributed by atoms with Crippen LogP contribution in [0.1, 0.15) is 10.7 Å². The summed E-state index contributed by atoms with van der Waals surface area (Å²) in [4.78, 5) is 21.6. The Kier molecular flexibility index (Phi) is 4.41. The third-order valence-electron chi connectivity index (χ3n) is 4.28. The molecular formula is C20H16N2O3S2. The molecule has 0 spiro atoms. The summed E-state index contributed by atoms with van der Waals surface area (Å²) < 4.78 is 25.2. The van der Waals surface area contributed by atoms with Gasteiger partial charge in [0.15, 0.2) is 9.84 Å². The average Bonchev–Trinajstić information content (AvgIpc) is 2.99. The molecule has 1 N–H and O–H groups in total. The van der Waals surface area contributed by atoms with Crippen LogP contribution < -0.4 is 5.56 Å². The Morgan fingerprint density at radius 1 is 1.00 bits per heavy atom. The molecule has 0 fully saturated rings. The van der Waals surface area contributed by atoms with Gasteiger partial charge in [0.05, 0.1) is 10.3 Å². The van der Waals surface area contributed by atoms with Crippen molar-refractivity contribution >= 4 is 31.4 Å². The zero-order chi connectivity index (χ0) is 19.0. The molecule has 0 unspecified atom stereocenters. The van der Waals surface area contributed by atoms with E-state index in [4.69, 9.17) is 0 Å². The van der Waals surface area contributed by atoms with Crippen LogP contribution in [-0.4, -0.2) is 18.4 Å². The van der Waals surface area contributed by atoms with Gasteiger partial charge in [-0.25, -0.2) is 13.4 Å². The van der Waals surface area contributed by atoms with Gasteiger partial charge in [0.2, 0.25) is 0 Å². The number of hydrogen-bond donors (Lipinski definition) is 1. The number of aromatic nitrogens is 2. The van der Waals surface area contributed by atoms with E-state index >= 15 is 0 Å². The van der Waals surface area contributed by atoms with E-state index in [1.807, 2.05) is 37.3 Å². The molecule has 0 bridgehead atoms. The molecule has 0 saturated carbocycles. The maximum Gasteiger partial charge on any atom is 0.260 e. The number of benzene rings is 2. The SMILES string of the molecule is Cc1sc2nc(CS(=O)(=O)c3ccccc3)[nH]c(=O)c2c1-c1ccccc1. The fraction of sp³-hybridized carbons (Fsp3) is 0.100. The maximum absolute atomic E-state index is 12.7. The molecule has 0 amide bonds. The molecular weight excluding hydrogens is 380 g/mol. The minimum atomic E-state index is -3.58. The summed E-state index contributed by atoms with van der Waals surface area (Å²) >= 11 is 1.40. The highest BCUT2D eigenvalue weighted by atomic mass is 32.2. The number of aryl methyl sites for hydroxylation is 1. The predicted octanol–water partition coefficient (Wildman–Crippen LogP) is 3.93. The minimum absolute atomic E-state index is 0.150. The first-order valence-electron chi connectivity index (χ1n) is 8.31. The molecule has 0 saturated heterocycles. The predicted molar refractivity (Wildman–Crippen MR) is 108 cm³/mol. The Hall–Kier alpha value is -2.77. The molecule has 0 atom stereocenters. The van der Waals surface area contributed by atoms with Crippen LogP contribution in [0.15, 0.2) is 70.4 Å². The van der Waals surface area contributed by atoms with E-state index in [1.165, 1.54) is 23.5 Å². The van der Waals surface area contributed by atoms with Crippen LogP contribution in [0.2, 0.25) is 0 Å². The average molecular weight is 396 g/mol. The van der Waals surface area contributed by atoms with Gasteiger partial charge in [-0.1, -0.05) is 48.5 Å². The Balaban J connectivity index is 1.81. The highest BCUT2D eigenvalue weighted by molar-refractivity contribution is 7.90. The maximum atomic E-state index is 12.7. The molecule has 7 heteroatoms. The van der Waals surface area contributed by atoms with E-state index in [2.05, 4.69) is 9.97 Å². The van der Waals surface area contributed by atoms with Crippen LogP contribution >= 0.6 is 11.3 Å². The van der Waals surface area contributed by atoms with E-state index in [-0.39, 0.29) is 22.0 Å². The zero-order valence-corrected chi connectivity index (χ0v) is 16.1. The Labute approximate surface area is 160 Å². The van der Waals surface area contributed by atoms with Crippen molar-refractivity contribution in [2.24, 2.45) is 0 Å². The summed E-state index contributed by atoms with van der Waals surface area (Å²) in [7, 11) is -3.58. The third kappa shape index (κ3) is 3.31. The lowest BCUT2D eigenvalue weighted by Crippen LogP contribution is -2.15. The Morgan fingerprint density at radius 2 is 1.63 bits per heavy atom. The van der Waals surface area contributed by atoms with Crippen molar-refractivity contribution in [3.05, 3.63) is 81.7 Å². The van der Waals surface area contributed by atoms with Gasteiger partial charge >= 0.3 is 0 Å². The summed E-state index contributed by atoms with van der Waals surface area (Å²) in [6, 6.07) is 17.8. The molecule has 5 nitrogen and oxygen atoms in total. The molecule has 2 heterocycles. The summed E-state index contributed by atoms with van der Waals surface area (Å²) in [6.45, 7) is 1.94. The molecule has 0 aliphatic rings. The Morgan fingerprint density at radius 3 is 2.30 bits per heavy atom. The summed E-state index contributed by atoms with van der Waals surface area (Å²) in [5, 5.41) is 0.504. The van der Waals surface area contributed by atoms with Crippen LogP contribution in [0.3, 0.4) is 0 Å². The highest BCUT2D eigenvalue weighted by Gasteiger charge is 2.20. The van der Waals surface area contributed by atoms with Gasteiger partial charge in [-0.05, 0) is 24.6 Å². The largest absolute Gasteiger partial charge is 0.309 e. The number of thiophene rings is 1. The molecule has 0 aliphatic carbocycles. The molecule has 0 aliphatic heterocycles. The second kappa shape index (κ2) is 6.75. The molecule has 4 aromatic rings. The monoisotopic (exact) mass is 396 g/mol. The van der Waals surface area contributed by atoms with Crippen molar-refractivity contribution in [3.63, 3.8) is 0 Å². The van der Waals surface area contributed by atoms with Crippen molar-refractivity contribution in [3.8, 4) is 11.1 Å². The van der Waals surface area contributed by atoms with Gasteiger partial charge in [0, 0.05) is 10.4 Å². The van der Waals surface area contributed by atoms with Gasteiger partial charge in [-0.15, -0.1) is 11.3 Å². The van der Waals surface area contributed by atoms with E-state index in [0.717, 1.165) is 16.0 Å². The second-order valence-electron chi connectivity index (χ2n) is 6.16. The van der Waals surface area contributed by atoms with Crippen LogP contribution in [0.5, 0.6) is 0 Å². The van der Waals surface area contributed by atoms with Crippen molar-refractivity contribution in [2.75, 3.05) is 0 Å². The number of H-pyrrole nitrogens is 1. The van der Waals surface area contributed by atoms with Gasteiger partial charge in [0.1, 0.15) is 16.4 Å². The lowest BCUT2D eigenvalue weighted by atomic mass is 10.0. The molecule has 27 heavy (non-hydrogen) atoms. The summed E-state index contributed by atoms with van der Waals surface area (Å²) in [5.41, 5.74) is 1.47. The van der Waals surface area contributed by atoms with E-state index in [0.29, 0.717) is 10.2 Å². The van der Waals surface area contributed by atoms with Gasteiger partial charge in [0.25, 0.3) is 5.56 Å². The van der Waals surface area contributed by atoms with Crippen molar-refractivity contribution in [1.82, 2.24) is 9.97 Å². The second-order valence-corrected chi connectivity index (χ2v) is 9.36. The number of sulfone groups is 1. The normalized spacial score (nSPS) is 11.7. The minimum Gasteiger partial charge on any atom is -0.309 e. The fourth-order valence-electron chi connectivity index (χ4n) is 3.08. The van der Waals surface area contributed by atoms with Crippen molar-refractivity contribution in [1.29, 1.82) is 0 Å². The summed E-state index contributed by atoms with van der Waals surface area (Å²) in [5.74, 6) is -0.197. The lowest BCUT2D eigenvalue weighted by Gasteiger charge is -2.05. The molecule has 4 rings (SSSR count). The van der Waals surface area contributed by atoms with Gasteiger partial charge in [-0.3, -0.25) is 4.79 Å². The van der Waals surface area contributed by atoms with Gasteiger partial charge in [-0.2, -0.15) is 0 Å². The number of hydrogen-bond acceptors (Lipinski definition) is 5. The fourth-order valence-corrected chi connectivity index (χ4v) is 5.38. The quantitative estimate of drug-likeness (QED) is 0.567. The first-order chi connectivity index (χ1) is 13.0. The zero-order valence-electron chi connectivity index (χ0n) is 14.5. The van der Waals surface area contributed by atoms with E-state index in [1.54, 1.807) is 18.2 Å².